The van der Waals surface area contributed by atoms with Crippen LogP contribution in [-0.4, -0.2) is 41.3 Å². The van der Waals surface area contributed by atoms with Gasteiger partial charge in [0, 0.05) is 6.04 Å². The van der Waals surface area contributed by atoms with Crippen molar-refractivity contribution in [2.24, 2.45) is 11.8 Å². The molecule has 3 nitrogen and oxygen atoms in total. The van der Waals surface area contributed by atoms with Gasteiger partial charge in [-0.3, -0.25) is 9.69 Å². The maximum Gasteiger partial charge on any atom is 0.401 e. The fraction of sp³-hybridized carbons (Fsp3) is 0.909. The van der Waals surface area contributed by atoms with E-state index in [0.717, 1.165) is 4.90 Å². The molecule has 1 aliphatic carbocycles. The summed E-state index contributed by atoms with van der Waals surface area (Å²) in [5, 5.41) is 8.62. The van der Waals surface area contributed by atoms with Crippen LogP contribution in [0.5, 0.6) is 0 Å². The monoisotopic (exact) mass is 253 g/mol. The van der Waals surface area contributed by atoms with Crippen molar-refractivity contribution in [1.29, 1.82) is 0 Å². The molecule has 0 unspecified atom stereocenters. The Morgan fingerprint density at radius 3 is 2.29 bits per heavy atom. The SMILES string of the molecule is CC(C)C1CC(N(CC(=O)O)CC(F)(F)F)C1. The average molecular weight is 253 g/mol. The molecule has 0 heterocycles. The molecule has 1 rings (SSSR count). The van der Waals surface area contributed by atoms with Crippen LogP contribution in [0.4, 0.5) is 13.2 Å². The first-order valence-electron chi connectivity index (χ1n) is 5.71. The molecule has 0 saturated heterocycles. The summed E-state index contributed by atoms with van der Waals surface area (Å²) in [6.45, 7) is 2.40. The van der Waals surface area contributed by atoms with Crippen LogP contribution in [0.1, 0.15) is 26.7 Å². The van der Waals surface area contributed by atoms with Crippen molar-refractivity contribution >= 4 is 5.97 Å². The van der Waals surface area contributed by atoms with E-state index in [2.05, 4.69) is 0 Å². The van der Waals surface area contributed by atoms with Crippen molar-refractivity contribution in [3.8, 4) is 0 Å². The summed E-state index contributed by atoms with van der Waals surface area (Å²) >= 11 is 0. The summed E-state index contributed by atoms with van der Waals surface area (Å²) < 4.78 is 36.9. The summed E-state index contributed by atoms with van der Waals surface area (Å²) in [5.74, 6) is -0.337. The summed E-state index contributed by atoms with van der Waals surface area (Å²) in [6, 6.07) is -0.236. The van der Waals surface area contributed by atoms with Crippen LogP contribution < -0.4 is 0 Å². The molecule has 100 valence electrons. The Kier molecular flexibility index (Phi) is 4.41. The largest absolute Gasteiger partial charge is 0.480 e. The highest BCUT2D eigenvalue weighted by molar-refractivity contribution is 5.69. The molecule has 1 aliphatic rings. The van der Waals surface area contributed by atoms with E-state index in [0.29, 0.717) is 24.7 Å². The minimum Gasteiger partial charge on any atom is -0.480 e. The lowest BCUT2D eigenvalue weighted by atomic mass is 9.73. The number of carboxylic acid groups (broad SMARTS) is 1. The lowest BCUT2D eigenvalue weighted by Gasteiger charge is -2.44. The van der Waals surface area contributed by atoms with Gasteiger partial charge in [0.1, 0.15) is 0 Å². The third kappa shape index (κ3) is 4.53. The van der Waals surface area contributed by atoms with Crippen molar-refractivity contribution < 1.29 is 23.1 Å². The molecule has 0 aromatic rings. The molecule has 1 fully saturated rings. The van der Waals surface area contributed by atoms with Gasteiger partial charge in [0.15, 0.2) is 0 Å². The van der Waals surface area contributed by atoms with Gasteiger partial charge in [-0.05, 0) is 24.7 Å². The number of hydrogen-bond donors (Lipinski definition) is 1. The lowest BCUT2D eigenvalue weighted by molar-refractivity contribution is -0.163. The Morgan fingerprint density at radius 1 is 1.41 bits per heavy atom. The third-order valence-corrected chi connectivity index (χ3v) is 3.33. The van der Waals surface area contributed by atoms with Crippen LogP contribution in [0.15, 0.2) is 0 Å². The zero-order valence-corrected chi connectivity index (χ0v) is 10.00. The lowest BCUT2D eigenvalue weighted by Crippen LogP contribution is -2.51. The summed E-state index contributed by atoms with van der Waals surface area (Å²) in [7, 11) is 0. The van der Waals surface area contributed by atoms with Gasteiger partial charge in [0.2, 0.25) is 0 Å². The van der Waals surface area contributed by atoms with Crippen molar-refractivity contribution in [2.75, 3.05) is 13.1 Å². The van der Waals surface area contributed by atoms with Gasteiger partial charge in [-0.2, -0.15) is 13.2 Å². The highest BCUT2D eigenvalue weighted by Crippen LogP contribution is 2.37. The molecule has 0 radical (unpaired) electrons. The fourth-order valence-corrected chi connectivity index (χ4v) is 2.19. The highest BCUT2D eigenvalue weighted by atomic mass is 19.4. The summed E-state index contributed by atoms with van der Waals surface area (Å²) in [4.78, 5) is 11.6. The number of alkyl halides is 3. The first kappa shape index (κ1) is 14.3. The second-order valence-electron chi connectivity index (χ2n) is 5.04. The van der Waals surface area contributed by atoms with E-state index >= 15 is 0 Å². The molecule has 0 amide bonds. The minimum absolute atomic E-state index is 0.236. The average Bonchev–Trinajstić information content (AvgIpc) is 1.94. The van der Waals surface area contributed by atoms with E-state index in [1.165, 1.54) is 0 Å². The molecule has 0 spiro atoms. The van der Waals surface area contributed by atoms with Crippen LogP contribution in [0.25, 0.3) is 0 Å². The van der Waals surface area contributed by atoms with Gasteiger partial charge in [-0.1, -0.05) is 13.8 Å². The van der Waals surface area contributed by atoms with Crippen molar-refractivity contribution in [2.45, 2.75) is 38.9 Å². The van der Waals surface area contributed by atoms with E-state index < -0.39 is 25.2 Å². The van der Waals surface area contributed by atoms with Crippen molar-refractivity contribution in [3.05, 3.63) is 0 Å². The molecular formula is C11H18F3NO2. The number of aliphatic carboxylic acids is 1. The van der Waals surface area contributed by atoms with Crippen LogP contribution in [0.3, 0.4) is 0 Å². The fourth-order valence-electron chi connectivity index (χ4n) is 2.19. The minimum atomic E-state index is -4.33. The van der Waals surface area contributed by atoms with Gasteiger partial charge in [0.05, 0.1) is 13.1 Å². The highest BCUT2D eigenvalue weighted by Gasteiger charge is 2.40. The number of hydrogen-bond acceptors (Lipinski definition) is 2. The Hall–Kier alpha value is -0.780. The van der Waals surface area contributed by atoms with Gasteiger partial charge in [-0.15, -0.1) is 0 Å². The van der Waals surface area contributed by atoms with Crippen LogP contribution in [0.2, 0.25) is 0 Å². The Bertz CT molecular complexity index is 272. The second-order valence-corrected chi connectivity index (χ2v) is 5.04. The number of nitrogens with zero attached hydrogens (tertiary/aromatic N) is 1. The predicted molar refractivity (Wildman–Crippen MR) is 56.6 cm³/mol. The van der Waals surface area contributed by atoms with Crippen molar-refractivity contribution in [3.63, 3.8) is 0 Å². The number of carboxylic acids is 1. The second kappa shape index (κ2) is 5.25. The molecule has 6 heteroatoms. The van der Waals surface area contributed by atoms with Gasteiger partial charge < -0.3 is 5.11 Å². The summed E-state index contributed by atoms with van der Waals surface area (Å²) in [5.41, 5.74) is 0. The van der Waals surface area contributed by atoms with E-state index in [4.69, 9.17) is 5.11 Å². The smallest absolute Gasteiger partial charge is 0.401 e. The Morgan fingerprint density at radius 2 is 1.94 bits per heavy atom. The summed E-state index contributed by atoms with van der Waals surface area (Å²) in [6.07, 6.45) is -3.00. The maximum atomic E-state index is 12.3. The molecule has 0 bridgehead atoms. The standard InChI is InChI=1S/C11H18F3NO2/c1-7(2)8-3-9(4-8)15(5-10(16)17)6-11(12,13)14/h7-9H,3-6H2,1-2H3,(H,16,17). The molecule has 1 saturated carbocycles. The normalized spacial score (nSPS) is 25.1. The predicted octanol–water partition coefficient (Wildman–Crippen LogP) is 2.37. The van der Waals surface area contributed by atoms with E-state index in [9.17, 15) is 18.0 Å². The molecule has 1 N–H and O–H groups in total. The van der Waals surface area contributed by atoms with Crippen molar-refractivity contribution in [1.82, 2.24) is 4.90 Å². The quantitative estimate of drug-likeness (QED) is 0.817. The molecule has 0 aromatic heterocycles. The molecule has 0 aliphatic heterocycles. The van der Waals surface area contributed by atoms with E-state index in [1.807, 2.05) is 13.8 Å². The van der Waals surface area contributed by atoms with Crippen LogP contribution >= 0.6 is 0 Å². The maximum absolute atomic E-state index is 12.3. The number of carbonyl (C=O) groups is 1. The Balaban J connectivity index is 2.51. The Labute approximate surface area is 98.6 Å². The van der Waals surface area contributed by atoms with Gasteiger partial charge in [-0.25, -0.2) is 0 Å². The molecule has 0 aromatic carbocycles. The third-order valence-electron chi connectivity index (χ3n) is 3.33. The molecular weight excluding hydrogens is 235 g/mol. The molecule has 0 atom stereocenters. The van der Waals surface area contributed by atoms with E-state index in [1.54, 1.807) is 0 Å². The van der Waals surface area contributed by atoms with Crippen LogP contribution in [-0.2, 0) is 4.79 Å². The zero-order chi connectivity index (χ0) is 13.2. The van der Waals surface area contributed by atoms with E-state index in [-0.39, 0.29) is 6.04 Å². The first-order valence-corrected chi connectivity index (χ1v) is 5.71. The molecule has 17 heavy (non-hydrogen) atoms. The van der Waals surface area contributed by atoms with Crippen LogP contribution in [0, 0.1) is 11.8 Å². The zero-order valence-electron chi connectivity index (χ0n) is 10.00. The number of rotatable bonds is 5. The van der Waals surface area contributed by atoms with Gasteiger partial charge in [0.25, 0.3) is 0 Å². The van der Waals surface area contributed by atoms with Gasteiger partial charge >= 0.3 is 12.1 Å². The number of halogens is 3. The topological polar surface area (TPSA) is 40.5 Å². The first-order chi connectivity index (χ1) is 7.69.